The van der Waals surface area contributed by atoms with E-state index in [1.807, 2.05) is 0 Å². The fourth-order valence-corrected chi connectivity index (χ4v) is 3.27. The van der Waals surface area contributed by atoms with Crippen molar-refractivity contribution in [3.8, 4) is 0 Å². The van der Waals surface area contributed by atoms with E-state index in [9.17, 15) is 0 Å². The van der Waals surface area contributed by atoms with E-state index in [2.05, 4.69) is 31.1 Å². The normalized spacial score (nSPS) is 39.0. The van der Waals surface area contributed by atoms with E-state index in [1.165, 1.54) is 51.9 Å². The summed E-state index contributed by atoms with van der Waals surface area (Å²) in [5.74, 6) is 1.99. The maximum atomic E-state index is 3.58. The molecule has 0 aromatic rings. The van der Waals surface area contributed by atoms with Gasteiger partial charge in [-0.1, -0.05) is 13.8 Å². The van der Waals surface area contributed by atoms with E-state index in [0.29, 0.717) is 5.41 Å². The Hall–Kier alpha value is -0.0800. The lowest BCUT2D eigenvalue weighted by atomic mass is 9.78. The van der Waals surface area contributed by atoms with Crippen molar-refractivity contribution in [2.24, 2.45) is 17.3 Å². The van der Waals surface area contributed by atoms with Gasteiger partial charge in [-0.05, 0) is 56.5 Å². The topological polar surface area (TPSA) is 15.3 Å². The Kier molecular flexibility index (Phi) is 3.91. The van der Waals surface area contributed by atoms with Crippen LogP contribution in [0.1, 0.15) is 39.5 Å². The highest BCUT2D eigenvalue weighted by Crippen LogP contribution is 2.39. The van der Waals surface area contributed by atoms with Gasteiger partial charge < -0.3 is 10.2 Å². The highest BCUT2D eigenvalue weighted by atomic mass is 15.1. The van der Waals surface area contributed by atoms with Gasteiger partial charge in [-0.25, -0.2) is 0 Å². The number of hydrogen-bond donors (Lipinski definition) is 1. The van der Waals surface area contributed by atoms with Gasteiger partial charge in [-0.3, -0.25) is 0 Å². The van der Waals surface area contributed by atoms with Crippen molar-refractivity contribution in [3.05, 3.63) is 0 Å². The number of rotatable bonds is 5. The molecule has 0 aromatic heterocycles. The zero-order valence-electron chi connectivity index (χ0n) is 11.3. The molecule has 1 N–H and O–H groups in total. The molecule has 3 atom stereocenters. The molecule has 0 bridgehead atoms. The predicted octanol–water partition coefficient (Wildman–Crippen LogP) is 2.35. The highest BCUT2D eigenvalue weighted by Gasteiger charge is 2.36. The van der Waals surface area contributed by atoms with Gasteiger partial charge >= 0.3 is 0 Å². The number of nitrogens with zero attached hydrogens (tertiary/aromatic N) is 1. The third-order valence-electron chi connectivity index (χ3n) is 4.74. The molecule has 2 fully saturated rings. The Bertz CT molecular complexity index is 221. The van der Waals surface area contributed by atoms with E-state index in [-0.39, 0.29) is 0 Å². The van der Waals surface area contributed by atoms with Gasteiger partial charge in [0.1, 0.15) is 0 Å². The first-order valence-electron chi connectivity index (χ1n) is 7.04. The van der Waals surface area contributed by atoms with Crippen molar-refractivity contribution in [2.45, 2.75) is 39.5 Å². The summed E-state index contributed by atoms with van der Waals surface area (Å²) in [6.07, 6.45) is 5.56. The van der Waals surface area contributed by atoms with Crippen LogP contribution in [0.5, 0.6) is 0 Å². The standard InChI is InChI=1S/C14H28N2/c1-4-14(6-5-7-15-10-14)11-16(3)9-13-8-12(13)2/h12-13,15H,4-11H2,1-3H3. The lowest BCUT2D eigenvalue weighted by Gasteiger charge is -2.40. The van der Waals surface area contributed by atoms with Gasteiger partial charge in [-0.2, -0.15) is 0 Å². The lowest BCUT2D eigenvalue weighted by molar-refractivity contribution is 0.125. The molecule has 16 heavy (non-hydrogen) atoms. The molecule has 1 heterocycles. The van der Waals surface area contributed by atoms with Gasteiger partial charge in [0, 0.05) is 19.6 Å². The maximum Gasteiger partial charge on any atom is 0.00471 e. The monoisotopic (exact) mass is 224 g/mol. The van der Waals surface area contributed by atoms with Crippen molar-refractivity contribution in [2.75, 3.05) is 33.2 Å². The SMILES string of the molecule is CCC1(CN(C)CC2CC2C)CCCNC1. The van der Waals surface area contributed by atoms with Crippen LogP contribution in [0.15, 0.2) is 0 Å². The summed E-state index contributed by atoms with van der Waals surface area (Å²) in [5, 5.41) is 3.58. The fraction of sp³-hybridized carbons (Fsp3) is 1.00. The summed E-state index contributed by atoms with van der Waals surface area (Å²) in [7, 11) is 2.32. The summed E-state index contributed by atoms with van der Waals surface area (Å²) >= 11 is 0. The first-order valence-corrected chi connectivity index (χ1v) is 7.04. The fourth-order valence-electron chi connectivity index (χ4n) is 3.27. The van der Waals surface area contributed by atoms with Gasteiger partial charge in [0.25, 0.3) is 0 Å². The molecular formula is C14H28N2. The molecule has 2 heteroatoms. The maximum absolute atomic E-state index is 3.58. The Morgan fingerprint density at radius 1 is 1.44 bits per heavy atom. The van der Waals surface area contributed by atoms with Crippen LogP contribution in [0.2, 0.25) is 0 Å². The van der Waals surface area contributed by atoms with Crippen molar-refractivity contribution < 1.29 is 0 Å². The van der Waals surface area contributed by atoms with E-state index in [4.69, 9.17) is 0 Å². The minimum Gasteiger partial charge on any atom is -0.316 e. The summed E-state index contributed by atoms with van der Waals surface area (Å²) in [4.78, 5) is 2.59. The average molecular weight is 224 g/mol. The Morgan fingerprint density at radius 3 is 2.69 bits per heavy atom. The Labute approximate surface area is 101 Å². The van der Waals surface area contributed by atoms with Crippen molar-refractivity contribution in [3.63, 3.8) is 0 Å². The molecule has 1 saturated carbocycles. The molecule has 1 aliphatic heterocycles. The van der Waals surface area contributed by atoms with Crippen LogP contribution >= 0.6 is 0 Å². The Balaban J connectivity index is 1.80. The van der Waals surface area contributed by atoms with Crippen LogP contribution in [0.4, 0.5) is 0 Å². The molecule has 0 amide bonds. The molecule has 3 unspecified atom stereocenters. The first-order chi connectivity index (χ1) is 7.65. The zero-order valence-corrected chi connectivity index (χ0v) is 11.3. The van der Waals surface area contributed by atoms with Crippen LogP contribution in [-0.4, -0.2) is 38.1 Å². The smallest absolute Gasteiger partial charge is 0.00471 e. The van der Waals surface area contributed by atoms with Crippen molar-refractivity contribution >= 4 is 0 Å². The van der Waals surface area contributed by atoms with Crippen LogP contribution in [-0.2, 0) is 0 Å². The van der Waals surface area contributed by atoms with Crippen molar-refractivity contribution in [1.29, 1.82) is 0 Å². The molecule has 0 radical (unpaired) electrons. The largest absolute Gasteiger partial charge is 0.316 e. The second-order valence-electron chi connectivity index (χ2n) is 6.30. The Morgan fingerprint density at radius 2 is 2.19 bits per heavy atom. The number of hydrogen-bond acceptors (Lipinski definition) is 2. The summed E-state index contributed by atoms with van der Waals surface area (Å²) in [6.45, 7) is 9.82. The van der Waals surface area contributed by atoms with Crippen molar-refractivity contribution in [1.82, 2.24) is 10.2 Å². The van der Waals surface area contributed by atoms with Crippen LogP contribution in [0.25, 0.3) is 0 Å². The molecule has 1 aliphatic carbocycles. The molecule has 2 rings (SSSR count). The van der Waals surface area contributed by atoms with Crippen LogP contribution in [0, 0.1) is 17.3 Å². The molecule has 2 aliphatic rings. The number of piperidine rings is 1. The molecule has 94 valence electrons. The third-order valence-corrected chi connectivity index (χ3v) is 4.74. The molecule has 2 nitrogen and oxygen atoms in total. The minimum atomic E-state index is 0.561. The molecular weight excluding hydrogens is 196 g/mol. The first kappa shape index (κ1) is 12.4. The van der Waals surface area contributed by atoms with E-state index >= 15 is 0 Å². The summed E-state index contributed by atoms with van der Waals surface area (Å²) < 4.78 is 0. The van der Waals surface area contributed by atoms with Gasteiger partial charge in [0.05, 0.1) is 0 Å². The molecule has 1 saturated heterocycles. The molecule has 0 spiro atoms. The van der Waals surface area contributed by atoms with E-state index < -0.39 is 0 Å². The minimum absolute atomic E-state index is 0.561. The second-order valence-corrected chi connectivity index (χ2v) is 6.30. The van der Waals surface area contributed by atoms with Gasteiger partial charge in [-0.15, -0.1) is 0 Å². The van der Waals surface area contributed by atoms with Gasteiger partial charge in [0.2, 0.25) is 0 Å². The summed E-state index contributed by atoms with van der Waals surface area (Å²) in [5.41, 5.74) is 0.561. The van der Waals surface area contributed by atoms with Crippen LogP contribution < -0.4 is 5.32 Å². The number of nitrogens with one attached hydrogen (secondary N) is 1. The van der Waals surface area contributed by atoms with Gasteiger partial charge in [0.15, 0.2) is 0 Å². The quantitative estimate of drug-likeness (QED) is 0.771. The zero-order chi connectivity index (χ0) is 11.6. The van der Waals surface area contributed by atoms with Crippen LogP contribution in [0.3, 0.4) is 0 Å². The average Bonchev–Trinajstić information content (AvgIpc) is 2.95. The highest BCUT2D eigenvalue weighted by molar-refractivity contribution is 4.89. The second kappa shape index (κ2) is 5.05. The lowest BCUT2D eigenvalue weighted by Crippen LogP contribution is -2.46. The van der Waals surface area contributed by atoms with E-state index in [0.717, 1.165) is 11.8 Å². The predicted molar refractivity (Wildman–Crippen MR) is 69.6 cm³/mol. The summed E-state index contributed by atoms with van der Waals surface area (Å²) in [6, 6.07) is 0. The van der Waals surface area contributed by atoms with E-state index in [1.54, 1.807) is 0 Å². The molecule has 0 aromatic carbocycles. The third kappa shape index (κ3) is 2.98.